The van der Waals surface area contributed by atoms with Crippen LogP contribution in [0.25, 0.3) is 0 Å². The van der Waals surface area contributed by atoms with E-state index >= 15 is 0 Å². The third-order valence-corrected chi connectivity index (χ3v) is 5.18. The Hall–Kier alpha value is -2.64. The molecule has 3 rings (SSSR count). The van der Waals surface area contributed by atoms with Crippen LogP contribution in [0.2, 0.25) is 0 Å². The molecule has 140 valence electrons. The minimum atomic E-state index is -0.918. The Morgan fingerprint density at radius 3 is 2.85 bits per heavy atom. The van der Waals surface area contributed by atoms with E-state index in [1.165, 1.54) is 4.90 Å². The normalized spacial score (nSPS) is 26.0. The molecular weight excluding hydrogens is 336 g/mol. The number of carbonyl (C=O) groups is 3. The molecule has 0 spiro atoms. The third kappa shape index (κ3) is 3.79. The monoisotopic (exact) mass is 360 g/mol. The Balaban J connectivity index is 1.58. The highest BCUT2D eigenvalue weighted by atomic mass is 16.4. The average Bonchev–Trinajstić information content (AvgIpc) is 3.03. The van der Waals surface area contributed by atoms with Crippen LogP contribution in [0.5, 0.6) is 0 Å². The van der Waals surface area contributed by atoms with Gasteiger partial charge in [0.25, 0.3) is 0 Å². The molecule has 26 heavy (non-hydrogen) atoms. The van der Waals surface area contributed by atoms with Crippen LogP contribution < -0.4 is 5.32 Å². The molecule has 2 saturated heterocycles. The first-order valence-electron chi connectivity index (χ1n) is 8.86. The molecule has 3 heterocycles. The molecule has 8 heteroatoms. The van der Waals surface area contributed by atoms with Gasteiger partial charge in [-0.1, -0.05) is 6.07 Å². The number of nitrogens with zero attached hydrogens (tertiary/aromatic N) is 3. The number of likely N-dealkylation sites (tertiary alicyclic amines) is 2. The predicted octanol–water partition coefficient (Wildman–Crippen LogP) is 1.08. The summed E-state index contributed by atoms with van der Waals surface area (Å²) in [6.45, 7) is 3.25. The zero-order valence-electron chi connectivity index (χ0n) is 14.9. The minimum absolute atomic E-state index is 0.115. The number of aromatic nitrogens is 1. The highest BCUT2D eigenvalue weighted by molar-refractivity contribution is 5.88. The van der Waals surface area contributed by atoms with E-state index in [2.05, 4.69) is 10.3 Å². The quantitative estimate of drug-likeness (QED) is 0.836. The SMILES string of the molecule is CC1(C(=O)O)CCN(C(=O)NC2CCCN(Cc3ccccn3)C2=O)C1. The molecule has 1 aromatic heterocycles. The van der Waals surface area contributed by atoms with Gasteiger partial charge in [-0.25, -0.2) is 4.79 Å². The van der Waals surface area contributed by atoms with Crippen molar-refractivity contribution in [2.45, 2.75) is 38.8 Å². The summed E-state index contributed by atoms with van der Waals surface area (Å²) in [5.41, 5.74) is -0.108. The molecule has 2 unspecified atom stereocenters. The lowest BCUT2D eigenvalue weighted by Crippen LogP contribution is -2.54. The molecule has 0 aromatic carbocycles. The summed E-state index contributed by atoms with van der Waals surface area (Å²) >= 11 is 0. The molecule has 0 saturated carbocycles. The van der Waals surface area contributed by atoms with Crippen molar-refractivity contribution in [3.8, 4) is 0 Å². The minimum Gasteiger partial charge on any atom is -0.481 e. The molecule has 3 amide bonds. The number of aliphatic carboxylic acids is 1. The number of piperidine rings is 1. The van der Waals surface area contributed by atoms with Crippen molar-refractivity contribution < 1.29 is 19.5 Å². The van der Waals surface area contributed by atoms with Gasteiger partial charge in [-0.3, -0.25) is 14.6 Å². The lowest BCUT2D eigenvalue weighted by atomic mass is 9.90. The largest absolute Gasteiger partial charge is 0.481 e. The summed E-state index contributed by atoms with van der Waals surface area (Å²) in [4.78, 5) is 43.9. The van der Waals surface area contributed by atoms with Crippen molar-refractivity contribution in [1.29, 1.82) is 0 Å². The predicted molar refractivity (Wildman–Crippen MR) is 93.1 cm³/mol. The second-order valence-corrected chi connectivity index (χ2v) is 7.26. The fourth-order valence-electron chi connectivity index (χ4n) is 3.47. The molecule has 2 aliphatic rings. The molecule has 2 fully saturated rings. The summed E-state index contributed by atoms with van der Waals surface area (Å²) in [6.07, 6.45) is 3.50. The van der Waals surface area contributed by atoms with Gasteiger partial charge < -0.3 is 20.2 Å². The highest BCUT2D eigenvalue weighted by Crippen LogP contribution is 2.30. The molecule has 2 aliphatic heterocycles. The van der Waals surface area contributed by atoms with Gasteiger partial charge in [-0.05, 0) is 38.3 Å². The second kappa shape index (κ2) is 7.31. The first-order chi connectivity index (χ1) is 12.4. The van der Waals surface area contributed by atoms with E-state index < -0.39 is 17.4 Å². The van der Waals surface area contributed by atoms with E-state index in [1.54, 1.807) is 18.0 Å². The number of rotatable bonds is 4. The topological polar surface area (TPSA) is 103 Å². The Bertz CT molecular complexity index is 696. The zero-order chi connectivity index (χ0) is 18.7. The standard InChI is InChI=1S/C18H24N4O4/c1-18(16(24)25)7-10-22(12-18)17(26)20-14-6-4-9-21(15(14)23)11-13-5-2-3-8-19-13/h2-3,5,8,14H,4,6-7,9-12H2,1H3,(H,20,26)(H,24,25). The van der Waals surface area contributed by atoms with Gasteiger partial charge in [-0.15, -0.1) is 0 Å². The number of nitrogens with one attached hydrogen (secondary N) is 1. The molecule has 0 bridgehead atoms. The summed E-state index contributed by atoms with van der Waals surface area (Å²) in [7, 11) is 0. The van der Waals surface area contributed by atoms with Crippen molar-refractivity contribution in [3.63, 3.8) is 0 Å². The van der Waals surface area contributed by atoms with Gasteiger partial charge in [0.15, 0.2) is 0 Å². The number of carbonyl (C=O) groups excluding carboxylic acids is 2. The summed E-state index contributed by atoms with van der Waals surface area (Å²) < 4.78 is 0. The molecular formula is C18H24N4O4. The number of carboxylic acid groups (broad SMARTS) is 1. The van der Waals surface area contributed by atoms with Crippen LogP contribution in [-0.4, -0.2) is 63.5 Å². The van der Waals surface area contributed by atoms with Crippen molar-refractivity contribution in [2.75, 3.05) is 19.6 Å². The number of urea groups is 1. The average molecular weight is 360 g/mol. The van der Waals surface area contributed by atoms with Gasteiger partial charge in [0, 0.05) is 25.8 Å². The number of hydrogen-bond donors (Lipinski definition) is 2. The van der Waals surface area contributed by atoms with Gasteiger partial charge in [0.05, 0.1) is 17.7 Å². The molecule has 2 atom stereocenters. The Labute approximate surface area is 152 Å². The molecule has 0 aliphatic carbocycles. The van der Waals surface area contributed by atoms with Gasteiger partial charge in [0.2, 0.25) is 5.91 Å². The maximum absolute atomic E-state index is 12.7. The van der Waals surface area contributed by atoms with Crippen molar-refractivity contribution in [3.05, 3.63) is 30.1 Å². The second-order valence-electron chi connectivity index (χ2n) is 7.26. The van der Waals surface area contributed by atoms with E-state index in [0.717, 1.165) is 12.1 Å². The Morgan fingerprint density at radius 1 is 1.38 bits per heavy atom. The van der Waals surface area contributed by atoms with Crippen LogP contribution in [0.4, 0.5) is 4.79 Å². The highest BCUT2D eigenvalue weighted by Gasteiger charge is 2.43. The van der Waals surface area contributed by atoms with Crippen LogP contribution in [-0.2, 0) is 16.1 Å². The van der Waals surface area contributed by atoms with Crippen molar-refractivity contribution in [1.82, 2.24) is 20.1 Å². The van der Waals surface area contributed by atoms with Crippen molar-refractivity contribution in [2.24, 2.45) is 5.41 Å². The smallest absolute Gasteiger partial charge is 0.318 e. The van der Waals surface area contributed by atoms with E-state index in [1.807, 2.05) is 18.2 Å². The fourth-order valence-corrected chi connectivity index (χ4v) is 3.47. The molecule has 0 radical (unpaired) electrons. The van der Waals surface area contributed by atoms with Crippen LogP contribution in [0.1, 0.15) is 31.9 Å². The van der Waals surface area contributed by atoms with Crippen LogP contribution in [0.15, 0.2) is 24.4 Å². The van der Waals surface area contributed by atoms with E-state index in [4.69, 9.17) is 0 Å². The first-order valence-corrected chi connectivity index (χ1v) is 8.86. The zero-order valence-corrected chi connectivity index (χ0v) is 14.9. The van der Waals surface area contributed by atoms with E-state index in [9.17, 15) is 19.5 Å². The molecule has 2 N–H and O–H groups in total. The lowest BCUT2D eigenvalue weighted by Gasteiger charge is -2.33. The number of hydrogen-bond acceptors (Lipinski definition) is 4. The maximum atomic E-state index is 12.7. The van der Waals surface area contributed by atoms with E-state index in [-0.39, 0.29) is 18.5 Å². The molecule has 1 aromatic rings. The first kappa shape index (κ1) is 18.2. The number of pyridine rings is 1. The third-order valence-electron chi connectivity index (χ3n) is 5.18. The summed E-state index contributed by atoms with van der Waals surface area (Å²) in [5, 5.41) is 12.1. The van der Waals surface area contributed by atoms with Gasteiger partial charge in [0.1, 0.15) is 6.04 Å². The van der Waals surface area contributed by atoms with Gasteiger partial charge >= 0.3 is 12.0 Å². The molecule has 8 nitrogen and oxygen atoms in total. The Morgan fingerprint density at radius 2 is 2.19 bits per heavy atom. The number of amides is 3. The fraction of sp³-hybridized carbons (Fsp3) is 0.556. The summed E-state index contributed by atoms with van der Waals surface area (Å²) in [5.74, 6) is -1.02. The van der Waals surface area contributed by atoms with Crippen LogP contribution >= 0.6 is 0 Å². The van der Waals surface area contributed by atoms with Crippen LogP contribution in [0, 0.1) is 5.41 Å². The van der Waals surface area contributed by atoms with E-state index in [0.29, 0.717) is 32.5 Å². The Kier molecular flexibility index (Phi) is 5.11. The van der Waals surface area contributed by atoms with Crippen molar-refractivity contribution >= 4 is 17.9 Å². The van der Waals surface area contributed by atoms with Gasteiger partial charge in [-0.2, -0.15) is 0 Å². The lowest BCUT2D eigenvalue weighted by molar-refractivity contribution is -0.147. The number of carboxylic acids is 1. The maximum Gasteiger partial charge on any atom is 0.318 e. The summed E-state index contributed by atoms with van der Waals surface area (Å²) in [6, 6.07) is 4.63. The van der Waals surface area contributed by atoms with Crippen LogP contribution in [0.3, 0.4) is 0 Å².